The van der Waals surface area contributed by atoms with Crippen molar-refractivity contribution in [3.63, 3.8) is 0 Å². The predicted octanol–water partition coefficient (Wildman–Crippen LogP) is 0.519. The first-order chi connectivity index (χ1) is 9.65. The topological polar surface area (TPSA) is 86.8 Å². The number of likely N-dealkylation sites (tertiary alicyclic amines) is 1. The van der Waals surface area contributed by atoms with Gasteiger partial charge in [-0.05, 0) is 0 Å². The molecule has 1 aliphatic heterocycles. The molecule has 6 heteroatoms. The number of benzene rings is 1. The lowest BCUT2D eigenvalue weighted by Gasteiger charge is -2.12. The van der Waals surface area contributed by atoms with Crippen molar-refractivity contribution in [3.8, 4) is 11.3 Å². The molecule has 2 atom stereocenters. The summed E-state index contributed by atoms with van der Waals surface area (Å²) in [5.74, 6) is 0.153. The molecule has 2 heterocycles. The molecule has 1 saturated heterocycles. The Morgan fingerprint density at radius 2 is 1.85 bits per heavy atom. The molecule has 2 aromatic rings. The molecule has 20 heavy (non-hydrogen) atoms. The molecule has 6 nitrogen and oxygen atoms in total. The van der Waals surface area contributed by atoms with E-state index in [9.17, 15) is 15.0 Å². The van der Waals surface area contributed by atoms with Crippen LogP contribution in [0, 0.1) is 0 Å². The quantitative estimate of drug-likeness (QED) is 0.833. The predicted molar refractivity (Wildman–Crippen MR) is 69.9 cm³/mol. The van der Waals surface area contributed by atoms with Crippen LogP contribution in [0.1, 0.15) is 10.5 Å². The highest BCUT2D eigenvalue weighted by Crippen LogP contribution is 2.21. The number of hydrogen-bond acceptors (Lipinski definition) is 5. The van der Waals surface area contributed by atoms with Gasteiger partial charge in [-0.3, -0.25) is 4.79 Å². The summed E-state index contributed by atoms with van der Waals surface area (Å²) in [4.78, 5) is 13.5. The smallest absolute Gasteiger partial charge is 0.276 e. The molecule has 2 N–H and O–H groups in total. The van der Waals surface area contributed by atoms with Crippen molar-refractivity contribution < 1.29 is 19.5 Å². The largest absolute Gasteiger partial charge is 0.388 e. The molecule has 104 valence electrons. The van der Waals surface area contributed by atoms with Crippen LogP contribution >= 0.6 is 0 Å². The van der Waals surface area contributed by atoms with Crippen molar-refractivity contribution in [2.75, 3.05) is 13.1 Å². The molecule has 0 radical (unpaired) electrons. The summed E-state index contributed by atoms with van der Waals surface area (Å²) in [5.41, 5.74) is 1.01. The number of aliphatic hydroxyl groups excluding tert-OH is 2. The lowest BCUT2D eigenvalue weighted by Crippen LogP contribution is -2.30. The van der Waals surface area contributed by atoms with Crippen LogP contribution in [0.5, 0.6) is 0 Å². The summed E-state index contributed by atoms with van der Waals surface area (Å²) >= 11 is 0. The number of aliphatic hydroxyl groups is 2. The summed E-state index contributed by atoms with van der Waals surface area (Å²) in [6.45, 7) is 0.209. The number of hydrogen-bond donors (Lipinski definition) is 2. The molecule has 2 unspecified atom stereocenters. The average molecular weight is 274 g/mol. The molecule has 0 saturated carbocycles. The van der Waals surface area contributed by atoms with Gasteiger partial charge in [-0.2, -0.15) is 0 Å². The summed E-state index contributed by atoms with van der Waals surface area (Å²) in [5, 5.41) is 22.7. The third-order valence-electron chi connectivity index (χ3n) is 3.33. The van der Waals surface area contributed by atoms with E-state index in [1.807, 2.05) is 30.3 Å². The normalized spacial score (nSPS) is 22.2. The number of β-amino-alcohol motifs (C(OH)–C–C–N with tert-alkyl or cyclic N) is 2. The molecule has 0 aliphatic carbocycles. The summed E-state index contributed by atoms with van der Waals surface area (Å²) in [6.07, 6.45) is -1.81. The molecular weight excluding hydrogens is 260 g/mol. The van der Waals surface area contributed by atoms with Gasteiger partial charge in [0.05, 0.1) is 12.2 Å². The monoisotopic (exact) mass is 274 g/mol. The Labute approximate surface area is 115 Å². The highest BCUT2D eigenvalue weighted by molar-refractivity contribution is 5.93. The van der Waals surface area contributed by atoms with Crippen LogP contribution in [-0.4, -0.2) is 51.5 Å². The summed E-state index contributed by atoms with van der Waals surface area (Å²) < 4.78 is 5.16. The standard InChI is InChI=1S/C14H14N2O4/c17-11-7-16(8-12(11)18)14(19)10-6-13(20-15-10)9-4-2-1-3-5-9/h1-6,11-12,17-18H,7-8H2. The fraction of sp³-hybridized carbons (Fsp3) is 0.286. The van der Waals surface area contributed by atoms with E-state index in [0.717, 1.165) is 5.56 Å². The fourth-order valence-corrected chi connectivity index (χ4v) is 2.21. The maximum atomic E-state index is 12.2. The lowest BCUT2D eigenvalue weighted by atomic mass is 10.1. The Morgan fingerprint density at radius 1 is 1.20 bits per heavy atom. The van der Waals surface area contributed by atoms with Gasteiger partial charge >= 0.3 is 0 Å². The number of aromatic nitrogens is 1. The molecule has 1 aromatic carbocycles. The maximum absolute atomic E-state index is 12.2. The van der Waals surface area contributed by atoms with E-state index in [1.54, 1.807) is 6.07 Å². The van der Waals surface area contributed by atoms with Crippen LogP contribution in [0.4, 0.5) is 0 Å². The van der Waals surface area contributed by atoms with Crippen molar-refractivity contribution in [1.29, 1.82) is 0 Å². The number of amides is 1. The van der Waals surface area contributed by atoms with E-state index >= 15 is 0 Å². The Bertz CT molecular complexity index is 601. The van der Waals surface area contributed by atoms with Gasteiger partial charge in [-0.25, -0.2) is 0 Å². The van der Waals surface area contributed by atoms with Gasteiger partial charge in [0.1, 0.15) is 0 Å². The minimum atomic E-state index is -0.903. The van der Waals surface area contributed by atoms with Crippen molar-refractivity contribution in [1.82, 2.24) is 10.1 Å². The van der Waals surface area contributed by atoms with Gasteiger partial charge in [0.15, 0.2) is 11.5 Å². The Kier molecular flexibility index (Phi) is 3.25. The van der Waals surface area contributed by atoms with Crippen molar-refractivity contribution >= 4 is 5.91 Å². The van der Waals surface area contributed by atoms with Gasteiger partial charge in [0.25, 0.3) is 5.91 Å². The Hall–Kier alpha value is -2.18. The zero-order chi connectivity index (χ0) is 14.1. The first-order valence-corrected chi connectivity index (χ1v) is 6.32. The average Bonchev–Trinajstić information content (AvgIpc) is 3.07. The van der Waals surface area contributed by atoms with Crippen LogP contribution in [0.3, 0.4) is 0 Å². The maximum Gasteiger partial charge on any atom is 0.276 e. The van der Waals surface area contributed by atoms with Crippen molar-refractivity contribution in [3.05, 3.63) is 42.1 Å². The highest BCUT2D eigenvalue weighted by Gasteiger charge is 2.34. The molecule has 3 rings (SSSR count). The van der Waals surface area contributed by atoms with Gasteiger partial charge in [-0.1, -0.05) is 35.5 Å². The van der Waals surface area contributed by atoms with E-state index in [4.69, 9.17) is 4.52 Å². The molecule has 0 spiro atoms. The second-order valence-electron chi connectivity index (χ2n) is 4.79. The SMILES string of the molecule is O=C(c1cc(-c2ccccc2)on1)N1CC(O)C(O)C1. The summed E-state index contributed by atoms with van der Waals surface area (Å²) in [6, 6.07) is 10.9. The lowest BCUT2D eigenvalue weighted by molar-refractivity contribution is 0.0572. The van der Waals surface area contributed by atoms with E-state index in [2.05, 4.69) is 5.16 Å². The van der Waals surface area contributed by atoms with Crippen molar-refractivity contribution in [2.24, 2.45) is 0 Å². The molecular formula is C14H14N2O4. The molecule has 1 fully saturated rings. The van der Waals surface area contributed by atoms with Crippen LogP contribution in [0.25, 0.3) is 11.3 Å². The molecule has 0 bridgehead atoms. The number of rotatable bonds is 2. The highest BCUT2D eigenvalue weighted by atomic mass is 16.5. The molecule has 1 aromatic heterocycles. The van der Waals surface area contributed by atoms with Crippen LogP contribution in [-0.2, 0) is 0 Å². The van der Waals surface area contributed by atoms with E-state index < -0.39 is 12.2 Å². The van der Waals surface area contributed by atoms with Crippen LogP contribution in [0.15, 0.2) is 40.9 Å². The first-order valence-electron chi connectivity index (χ1n) is 6.32. The number of carbonyl (C=O) groups is 1. The number of carbonyl (C=O) groups excluding carboxylic acids is 1. The van der Waals surface area contributed by atoms with Gasteiger partial charge in [0.2, 0.25) is 0 Å². The summed E-state index contributed by atoms with van der Waals surface area (Å²) in [7, 11) is 0. The van der Waals surface area contributed by atoms with E-state index in [1.165, 1.54) is 4.90 Å². The van der Waals surface area contributed by atoms with E-state index in [-0.39, 0.29) is 24.7 Å². The molecule has 1 amide bonds. The zero-order valence-corrected chi connectivity index (χ0v) is 10.6. The van der Waals surface area contributed by atoms with Crippen LogP contribution in [0.2, 0.25) is 0 Å². The van der Waals surface area contributed by atoms with Gasteiger partial charge in [0, 0.05) is 24.7 Å². The van der Waals surface area contributed by atoms with Gasteiger partial charge in [-0.15, -0.1) is 0 Å². The number of nitrogens with zero attached hydrogens (tertiary/aromatic N) is 2. The minimum Gasteiger partial charge on any atom is -0.388 e. The van der Waals surface area contributed by atoms with Gasteiger partial charge < -0.3 is 19.6 Å². The Balaban J connectivity index is 1.79. The zero-order valence-electron chi connectivity index (χ0n) is 10.6. The van der Waals surface area contributed by atoms with Crippen molar-refractivity contribution in [2.45, 2.75) is 12.2 Å². The second-order valence-corrected chi connectivity index (χ2v) is 4.79. The minimum absolute atomic E-state index is 0.105. The third kappa shape index (κ3) is 2.31. The second kappa shape index (κ2) is 5.07. The Morgan fingerprint density at radius 3 is 2.50 bits per heavy atom. The first kappa shape index (κ1) is 12.8. The van der Waals surface area contributed by atoms with E-state index in [0.29, 0.717) is 5.76 Å². The fourth-order valence-electron chi connectivity index (χ4n) is 2.21. The molecule has 1 aliphatic rings. The van der Waals surface area contributed by atoms with Crippen LogP contribution < -0.4 is 0 Å². The third-order valence-corrected chi connectivity index (χ3v) is 3.33.